The highest BCUT2D eigenvalue weighted by Gasteiger charge is 2.55. The molecule has 0 bridgehead atoms. The molecule has 79 heavy (non-hydrogen) atoms. The van der Waals surface area contributed by atoms with Crippen molar-refractivity contribution in [1.29, 1.82) is 0 Å². The summed E-state index contributed by atoms with van der Waals surface area (Å²) in [5, 5.41) is 71.3. The number of non-ortho nitro benzene ring substituents is 1. The Labute approximate surface area is 458 Å². The first-order valence-corrected chi connectivity index (χ1v) is 25.7. The van der Waals surface area contributed by atoms with Gasteiger partial charge in [0.05, 0.1) is 42.2 Å². The van der Waals surface area contributed by atoms with Crippen LogP contribution in [0.2, 0.25) is 0 Å². The van der Waals surface area contributed by atoms with Gasteiger partial charge in [0.15, 0.2) is 6.29 Å². The average molecular weight is 1130 g/mol. The van der Waals surface area contributed by atoms with Crippen LogP contribution in [0.5, 0.6) is 0 Å². The Morgan fingerprint density at radius 2 is 1.27 bits per heavy atom. The predicted octanol–water partition coefficient (Wildman–Crippen LogP) is 3.24. The van der Waals surface area contributed by atoms with Crippen LogP contribution in [0.1, 0.15) is 115 Å². The molecule has 28 heteroatoms. The molecule has 2 aliphatic heterocycles. The summed E-state index contributed by atoms with van der Waals surface area (Å²) >= 11 is 0. The van der Waals surface area contributed by atoms with Crippen molar-refractivity contribution in [2.45, 2.75) is 211 Å². The van der Waals surface area contributed by atoms with E-state index in [0.29, 0.717) is 5.56 Å². The first-order chi connectivity index (χ1) is 36.3. The Morgan fingerprint density at radius 1 is 0.747 bits per heavy atom. The van der Waals surface area contributed by atoms with Gasteiger partial charge in [0.25, 0.3) is 5.69 Å². The van der Waals surface area contributed by atoms with Crippen LogP contribution in [0, 0.1) is 10.1 Å². The fraction of sp³-hybridized carbons (Fsp3) is 0.725. The van der Waals surface area contributed by atoms with Gasteiger partial charge in [-0.2, -0.15) is 0 Å². The number of likely N-dealkylation sites (N-methyl/N-ethyl adjacent to an activating group) is 1. The van der Waals surface area contributed by atoms with E-state index < -0.39 is 150 Å². The van der Waals surface area contributed by atoms with Gasteiger partial charge in [-0.15, -0.1) is 0 Å². The molecule has 1 saturated heterocycles. The topological polar surface area (TPSA) is 373 Å². The molecule has 3 aliphatic rings. The average Bonchev–Trinajstić information content (AvgIpc) is 3.31. The molecule has 6 amide bonds. The molecule has 9 N–H and O–H groups in total. The smallest absolute Gasteiger partial charge is 0.410 e. The number of nitro benzene ring substituents is 1. The van der Waals surface area contributed by atoms with Crippen LogP contribution in [0.4, 0.5) is 29.7 Å². The highest BCUT2D eigenvalue weighted by molar-refractivity contribution is 5.81. The standard InChI is InChI=1S/C51H81N7O21/c1-47(2,3)76-43(64)52-22-21-33(59)39(62)54-31-23-32(56-45(66)78-49(7,8)9)37(34(60)36(31)75-41-35(61)38(51(13,68)26-72-41)57(14)46(67)79-50(10,11)12)74-40-30(55-44(65)77-48(4,5)6)20-19-29(73-40)24-53-42(63)71-25-27-15-17-28(18-16-27)58(69)70/h15-19,30-38,40-41,59-61,68H,20-26H2,1-14H3,(H,52,64)(H,53,63)(H,54,62)(H,55,65)(H,56,66). The number of hydrogen-bond donors (Lipinski definition) is 9. The minimum atomic E-state index is -2.00. The summed E-state index contributed by atoms with van der Waals surface area (Å²) in [6.45, 7) is 19.5. The Morgan fingerprint density at radius 3 is 1.81 bits per heavy atom. The van der Waals surface area contributed by atoms with Crippen LogP contribution in [-0.4, -0.2) is 189 Å². The Hall–Kier alpha value is -6.30. The summed E-state index contributed by atoms with van der Waals surface area (Å²) in [5.74, 6) is -0.964. The first kappa shape index (κ1) is 65.2. The number of benzene rings is 1. The van der Waals surface area contributed by atoms with Crippen LogP contribution in [-0.2, 0) is 54.0 Å². The van der Waals surface area contributed by atoms with Gasteiger partial charge in [0.1, 0.15) is 70.9 Å². The maximum Gasteiger partial charge on any atom is 0.410 e. The van der Waals surface area contributed by atoms with Gasteiger partial charge in [-0.1, -0.05) is 0 Å². The van der Waals surface area contributed by atoms with Crippen molar-refractivity contribution in [2.75, 3.05) is 26.7 Å². The van der Waals surface area contributed by atoms with Gasteiger partial charge in [0, 0.05) is 25.7 Å². The van der Waals surface area contributed by atoms with Gasteiger partial charge >= 0.3 is 30.5 Å². The molecule has 12 unspecified atom stereocenters. The van der Waals surface area contributed by atoms with E-state index in [1.807, 2.05) is 0 Å². The number of carbonyl (C=O) groups excluding carboxylic acids is 6. The second-order valence-electron chi connectivity index (χ2n) is 23.6. The van der Waals surface area contributed by atoms with E-state index in [9.17, 15) is 59.3 Å². The zero-order chi connectivity index (χ0) is 59.6. The maximum atomic E-state index is 13.9. The van der Waals surface area contributed by atoms with Crippen LogP contribution < -0.4 is 26.6 Å². The molecule has 0 aromatic heterocycles. The van der Waals surface area contributed by atoms with Crippen molar-refractivity contribution in [3.8, 4) is 0 Å². The molecule has 446 valence electrons. The summed E-state index contributed by atoms with van der Waals surface area (Å²) in [7, 11) is 1.28. The third kappa shape index (κ3) is 21.0. The lowest BCUT2D eigenvalue weighted by Gasteiger charge is -2.50. The quantitative estimate of drug-likeness (QED) is 0.0614. The molecule has 1 aliphatic carbocycles. The third-order valence-corrected chi connectivity index (χ3v) is 11.7. The lowest BCUT2D eigenvalue weighted by atomic mass is 9.82. The van der Waals surface area contributed by atoms with Crippen LogP contribution >= 0.6 is 0 Å². The van der Waals surface area contributed by atoms with Crippen molar-refractivity contribution >= 4 is 42.1 Å². The second-order valence-corrected chi connectivity index (χ2v) is 23.6. The number of carbonyl (C=O) groups is 6. The number of nitro groups is 1. The summed E-state index contributed by atoms with van der Waals surface area (Å²) in [5.41, 5.74) is -5.49. The van der Waals surface area contributed by atoms with Crippen molar-refractivity contribution in [3.05, 3.63) is 51.8 Å². The minimum Gasteiger partial charge on any atom is -0.465 e. The van der Waals surface area contributed by atoms with Crippen molar-refractivity contribution in [1.82, 2.24) is 31.5 Å². The summed E-state index contributed by atoms with van der Waals surface area (Å²) in [6, 6.07) is -0.0245. The van der Waals surface area contributed by atoms with Crippen LogP contribution in [0.25, 0.3) is 0 Å². The van der Waals surface area contributed by atoms with E-state index in [1.165, 1.54) is 44.3 Å². The van der Waals surface area contributed by atoms with E-state index in [4.69, 9.17) is 42.6 Å². The summed E-state index contributed by atoms with van der Waals surface area (Å²) < 4.78 is 52.2. The molecule has 12 atom stereocenters. The lowest BCUT2D eigenvalue weighted by Crippen LogP contribution is -2.71. The van der Waals surface area contributed by atoms with Gasteiger partial charge in [0.2, 0.25) is 12.2 Å². The largest absolute Gasteiger partial charge is 0.465 e. The minimum absolute atomic E-state index is 0.0420. The molecule has 2 fully saturated rings. The van der Waals surface area contributed by atoms with E-state index >= 15 is 0 Å². The molecule has 2 heterocycles. The van der Waals surface area contributed by atoms with E-state index in [1.54, 1.807) is 83.1 Å². The van der Waals surface area contributed by atoms with Crippen molar-refractivity contribution < 1.29 is 96.7 Å². The fourth-order valence-corrected chi connectivity index (χ4v) is 8.35. The zero-order valence-corrected chi connectivity index (χ0v) is 47.3. The molecule has 1 aromatic carbocycles. The first-order valence-electron chi connectivity index (χ1n) is 25.7. The normalized spacial score (nSPS) is 26.8. The SMILES string of the molecule is CN(C(=O)OC(C)(C)C)C1C(O)C(OC2C(NC(=O)C(O)CCNC(=O)OC(C)(C)C)CC(NC(=O)OC(C)(C)C)C(OC3OC(CNC(=O)OCc4ccc([N+](=O)[O-])cc4)=CCC3NC(=O)OC(C)(C)C)C2O)OCC1(C)O. The highest BCUT2D eigenvalue weighted by atomic mass is 16.7. The van der Waals surface area contributed by atoms with Gasteiger partial charge in [-0.3, -0.25) is 14.9 Å². The molecule has 1 saturated carbocycles. The second kappa shape index (κ2) is 26.8. The molecule has 1 aromatic rings. The van der Waals surface area contributed by atoms with Crippen molar-refractivity contribution in [2.24, 2.45) is 0 Å². The number of aliphatic hydroxyl groups excluding tert-OH is 3. The third-order valence-electron chi connectivity index (χ3n) is 11.7. The van der Waals surface area contributed by atoms with E-state index in [0.717, 1.165) is 4.90 Å². The predicted molar refractivity (Wildman–Crippen MR) is 276 cm³/mol. The molecule has 4 rings (SSSR count). The van der Waals surface area contributed by atoms with E-state index in [2.05, 4.69) is 26.6 Å². The van der Waals surface area contributed by atoms with Gasteiger partial charge in [-0.05, 0) is 133 Å². The Balaban J connectivity index is 1.73. The van der Waals surface area contributed by atoms with Crippen molar-refractivity contribution in [3.63, 3.8) is 0 Å². The lowest BCUT2D eigenvalue weighted by molar-refractivity contribution is -0.384. The van der Waals surface area contributed by atoms with Crippen LogP contribution in [0.15, 0.2) is 36.1 Å². The zero-order valence-electron chi connectivity index (χ0n) is 47.3. The number of alkyl carbamates (subject to hydrolysis) is 4. The number of ether oxygens (including phenoxy) is 9. The summed E-state index contributed by atoms with van der Waals surface area (Å²) in [4.78, 5) is 90.9. The molecule has 28 nitrogen and oxygen atoms in total. The fourth-order valence-electron chi connectivity index (χ4n) is 8.35. The number of rotatable bonds is 17. The Bertz CT molecular complexity index is 2310. The highest BCUT2D eigenvalue weighted by Crippen LogP contribution is 2.35. The number of hydrogen-bond acceptors (Lipinski definition) is 21. The van der Waals surface area contributed by atoms with E-state index in [-0.39, 0.29) is 44.0 Å². The molecular weight excluding hydrogens is 1050 g/mol. The van der Waals surface area contributed by atoms with Crippen LogP contribution in [0.3, 0.4) is 0 Å². The maximum absolute atomic E-state index is 13.9. The monoisotopic (exact) mass is 1130 g/mol. The van der Waals surface area contributed by atoms with Gasteiger partial charge in [-0.25, -0.2) is 24.0 Å². The summed E-state index contributed by atoms with van der Waals surface area (Å²) in [6.07, 6.45) is -16.3. The Kier molecular flexibility index (Phi) is 22.1. The molecule has 0 spiro atoms. The number of amides is 6. The number of aliphatic hydroxyl groups is 4. The molecular formula is C51H81N7O21. The number of nitrogens with one attached hydrogen (secondary N) is 5. The van der Waals surface area contributed by atoms with Gasteiger partial charge < -0.3 is 94.5 Å². The number of nitrogens with zero attached hydrogens (tertiary/aromatic N) is 2. The molecule has 0 radical (unpaired) electrons.